The molecule has 0 aliphatic rings. The number of halogens is 1. The molecule has 0 spiro atoms. The molecule has 88 valence electrons. The molecule has 2 rings (SSSR count). The minimum Gasteiger partial charge on any atom is -0.461 e. The lowest BCUT2D eigenvalue weighted by atomic mass is 10.3. The molecule has 1 aromatic heterocycles. The monoisotopic (exact) mass is 250 g/mol. The molecule has 0 N–H and O–H groups in total. The van der Waals surface area contributed by atoms with Gasteiger partial charge in [-0.3, -0.25) is 0 Å². The Morgan fingerprint density at radius 1 is 1.41 bits per heavy atom. The summed E-state index contributed by atoms with van der Waals surface area (Å²) < 4.78 is 6.42. The molecule has 0 saturated heterocycles. The third kappa shape index (κ3) is 2.31. The molecule has 4 nitrogen and oxygen atoms in total. The van der Waals surface area contributed by atoms with Crippen LogP contribution in [0.15, 0.2) is 36.5 Å². The van der Waals surface area contributed by atoms with Gasteiger partial charge in [0.1, 0.15) is 0 Å². The summed E-state index contributed by atoms with van der Waals surface area (Å²) in [5.74, 6) is -0.473. The van der Waals surface area contributed by atoms with E-state index in [1.807, 2.05) is 30.3 Å². The van der Waals surface area contributed by atoms with Crippen LogP contribution >= 0.6 is 11.6 Å². The van der Waals surface area contributed by atoms with Crippen LogP contribution in [0.4, 0.5) is 0 Å². The average Bonchev–Trinajstić information content (AvgIpc) is 2.73. The van der Waals surface area contributed by atoms with Gasteiger partial charge in [-0.15, -0.1) is 0 Å². The number of hydrogen-bond acceptors (Lipinski definition) is 3. The number of carbonyl (C=O) groups is 1. The lowest BCUT2D eigenvalue weighted by molar-refractivity contribution is 0.0516. The Balaban J connectivity index is 2.46. The molecule has 1 aromatic carbocycles. The first kappa shape index (κ1) is 11.7. The molecule has 0 atom stereocenters. The smallest absolute Gasteiger partial charge is 0.358 e. The van der Waals surface area contributed by atoms with E-state index in [9.17, 15) is 4.79 Å². The highest BCUT2D eigenvalue weighted by Crippen LogP contribution is 2.20. The summed E-state index contributed by atoms with van der Waals surface area (Å²) >= 11 is 5.94. The van der Waals surface area contributed by atoms with Gasteiger partial charge in [0, 0.05) is 0 Å². The predicted octanol–water partition coefficient (Wildman–Crippen LogP) is 2.70. The summed E-state index contributed by atoms with van der Waals surface area (Å²) in [7, 11) is 0. The predicted molar refractivity (Wildman–Crippen MR) is 64.5 cm³/mol. The highest BCUT2D eigenvalue weighted by molar-refractivity contribution is 6.33. The number of carbonyl (C=O) groups excluding carboxylic acids is 1. The number of aromatic nitrogens is 2. The van der Waals surface area contributed by atoms with Crippen molar-refractivity contribution >= 4 is 17.6 Å². The summed E-state index contributed by atoms with van der Waals surface area (Å²) in [4.78, 5) is 11.8. The Kier molecular flexibility index (Phi) is 3.44. The highest BCUT2D eigenvalue weighted by Gasteiger charge is 2.19. The Labute approximate surface area is 104 Å². The van der Waals surface area contributed by atoms with Crippen LogP contribution in [0.3, 0.4) is 0 Å². The molecular formula is C12H11ClN2O2. The summed E-state index contributed by atoms with van der Waals surface area (Å²) in [6.07, 6.45) is 1.43. The number of nitrogens with zero attached hydrogens (tertiary/aromatic N) is 2. The number of benzene rings is 1. The second kappa shape index (κ2) is 5.01. The van der Waals surface area contributed by atoms with Gasteiger partial charge < -0.3 is 4.74 Å². The topological polar surface area (TPSA) is 44.1 Å². The second-order valence-corrected chi connectivity index (χ2v) is 3.72. The quantitative estimate of drug-likeness (QED) is 0.787. The summed E-state index contributed by atoms with van der Waals surface area (Å²) in [6, 6.07) is 9.29. The van der Waals surface area contributed by atoms with Gasteiger partial charge >= 0.3 is 5.97 Å². The molecule has 0 bridgehead atoms. The molecule has 0 aliphatic carbocycles. The summed E-state index contributed by atoms with van der Waals surface area (Å²) in [5.41, 5.74) is 1.02. The van der Waals surface area contributed by atoms with Crippen molar-refractivity contribution in [1.82, 2.24) is 9.78 Å². The van der Waals surface area contributed by atoms with Crippen LogP contribution < -0.4 is 0 Å². The molecule has 0 unspecified atom stereocenters. The first-order valence-electron chi connectivity index (χ1n) is 5.20. The van der Waals surface area contributed by atoms with Gasteiger partial charge in [0.15, 0.2) is 5.69 Å². The number of hydrogen-bond donors (Lipinski definition) is 0. The number of esters is 1. The first-order chi connectivity index (χ1) is 8.24. The van der Waals surface area contributed by atoms with E-state index in [-0.39, 0.29) is 10.7 Å². The molecule has 0 fully saturated rings. The third-order valence-electron chi connectivity index (χ3n) is 2.19. The maximum atomic E-state index is 11.8. The normalized spacial score (nSPS) is 10.2. The first-order valence-corrected chi connectivity index (χ1v) is 5.58. The van der Waals surface area contributed by atoms with Crippen molar-refractivity contribution in [2.75, 3.05) is 6.61 Å². The lowest BCUT2D eigenvalue weighted by Crippen LogP contribution is -2.12. The van der Waals surface area contributed by atoms with Crippen molar-refractivity contribution in [3.05, 3.63) is 47.2 Å². The van der Waals surface area contributed by atoms with Crippen LogP contribution in [0.5, 0.6) is 0 Å². The average molecular weight is 251 g/mol. The third-order valence-corrected chi connectivity index (χ3v) is 2.47. The zero-order valence-electron chi connectivity index (χ0n) is 9.26. The fraction of sp³-hybridized carbons (Fsp3) is 0.167. The minimum absolute atomic E-state index is 0.250. The van der Waals surface area contributed by atoms with Crippen LogP contribution in [-0.4, -0.2) is 22.4 Å². The van der Waals surface area contributed by atoms with E-state index in [4.69, 9.17) is 16.3 Å². The maximum absolute atomic E-state index is 11.8. The zero-order chi connectivity index (χ0) is 12.3. The molecule has 0 aliphatic heterocycles. The fourth-order valence-corrected chi connectivity index (χ4v) is 1.68. The van der Waals surface area contributed by atoms with Gasteiger partial charge in [-0.2, -0.15) is 5.10 Å². The summed E-state index contributed by atoms with van der Waals surface area (Å²) in [6.45, 7) is 2.05. The molecule has 0 saturated carbocycles. The lowest BCUT2D eigenvalue weighted by Gasteiger charge is -2.06. The molecule has 2 aromatic rings. The van der Waals surface area contributed by atoms with Crippen molar-refractivity contribution in [3.63, 3.8) is 0 Å². The highest BCUT2D eigenvalue weighted by atomic mass is 35.5. The Hall–Kier alpha value is -1.81. The van der Waals surface area contributed by atoms with Gasteiger partial charge in [-0.25, -0.2) is 9.48 Å². The Morgan fingerprint density at radius 3 is 2.76 bits per heavy atom. The van der Waals surface area contributed by atoms with Gasteiger partial charge in [0.25, 0.3) is 0 Å². The van der Waals surface area contributed by atoms with Crippen molar-refractivity contribution in [3.8, 4) is 5.69 Å². The number of rotatable bonds is 3. The minimum atomic E-state index is -0.473. The standard InChI is InChI=1S/C12H11ClN2O2/c1-2-17-12(16)11-10(13)8-14-15(11)9-6-4-3-5-7-9/h3-8H,2H2,1H3. The van der Waals surface area contributed by atoms with Crippen molar-refractivity contribution in [1.29, 1.82) is 0 Å². The van der Waals surface area contributed by atoms with E-state index in [1.54, 1.807) is 6.92 Å². The molecule has 0 amide bonds. The Morgan fingerprint density at radius 2 is 2.12 bits per heavy atom. The van der Waals surface area contributed by atoms with Crippen molar-refractivity contribution in [2.24, 2.45) is 0 Å². The van der Waals surface area contributed by atoms with Crippen LogP contribution in [0, 0.1) is 0 Å². The molecule has 5 heteroatoms. The van der Waals surface area contributed by atoms with E-state index >= 15 is 0 Å². The van der Waals surface area contributed by atoms with E-state index in [0.29, 0.717) is 6.61 Å². The van der Waals surface area contributed by atoms with Gasteiger partial charge in [-0.05, 0) is 19.1 Å². The van der Waals surface area contributed by atoms with E-state index in [1.165, 1.54) is 10.9 Å². The largest absolute Gasteiger partial charge is 0.461 e. The number of ether oxygens (including phenoxy) is 1. The van der Waals surface area contributed by atoms with Gasteiger partial charge in [0.05, 0.1) is 23.5 Å². The fourth-order valence-electron chi connectivity index (χ4n) is 1.48. The molecule has 17 heavy (non-hydrogen) atoms. The zero-order valence-corrected chi connectivity index (χ0v) is 10.0. The molecule has 1 heterocycles. The van der Waals surface area contributed by atoms with Crippen LogP contribution in [0.1, 0.15) is 17.4 Å². The summed E-state index contributed by atoms with van der Waals surface area (Å²) in [5, 5.41) is 4.36. The molecular weight excluding hydrogens is 240 g/mol. The van der Waals surface area contributed by atoms with Crippen LogP contribution in [-0.2, 0) is 4.74 Å². The van der Waals surface area contributed by atoms with E-state index in [0.717, 1.165) is 5.69 Å². The SMILES string of the molecule is CCOC(=O)c1c(Cl)cnn1-c1ccccc1. The van der Waals surface area contributed by atoms with E-state index < -0.39 is 5.97 Å². The van der Waals surface area contributed by atoms with Crippen LogP contribution in [0.2, 0.25) is 5.02 Å². The van der Waals surface area contributed by atoms with E-state index in [2.05, 4.69) is 5.10 Å². The van der Waals surface area contributed by atoms with Gasteiger partial charge in [0.2, 0.25) is 0 Å². The Bertz CT molecular complexity index is 523. The van der Waals surface area contributed by atoms with Crippen molar-refractivity contribution in [2.45, 2.75) is 6.92 Å². The van der Waals surface area contributed by atoms with Crippen molar-refractivity contribution < 1.29 is 9.53 Å². The van der Waals surface area contributed by atoms with Gasteiger partial charge in [-0.1, -0.05) is 29.8 Å². The molecule has 0 radical (unpaired) electrons. The maximum Gasteiger partial charge on any atom is 0.358 e. The van der Waals surface area contributed by atoms with Crippen LogP contribution in [0.25, 0.3) is 5.69 Å². The number of para-hydroxylation sites is 1. The second-order valence-electron chi connectivity index (χ2n) is 3.31.